The van der Waals surface area contributed by atoms with E-state index in [0.29, 0.717) is 33.6 Å². The van der Waals surface area contributed by atoms with E-state index < -0.39 is 0 Å². The fourth-order valence-electron chi connectivity index (χ4n) is 1.53. The molecule has 0 N–H and O–H groups in total. The second-order valence-corrected chi connectivity index (χ2v) is 5.27. The van der Waals surface area contributed by atoms with Crippen LogP contribution in [0.3, 0.4) is 0 Å². The standard InChI is InChI=1S/C12H9ClN4O2S/c1-7-14-10(19-17-7)6-20-12-16-15-11(18-12)8-3-2-4-9(13)5-8/h2-5H,6H2,1H3. The van der Waals surface area contributed by atoms with Crippen LogP contribution in [0.1, 0.15) is 11.7 Å². The Kier molecular flexibility index (Phi) is 3.70. The molecule has 1 aromatic carbocycles. The molecular formula is C12H9ClN4O2S. The van der Waals surface area contributed by atoms with Crippen LogP contribution in [0.15, 0.2) is 38.4 Å². The first kappa shape index (κ1) is 13.1. The fourth-order valence-corrected chi connectivity index (χ4v) is 2.32. The third-order valence-electron chi connectivity index (χ3n) is 2.37. The normalized spacial score (nSPS) is 10.9. The van der Waals surface area contributed by atoms with Gasteiger partial charge in [0, 0.05) is 10.6 Å². The molecule has 0 unspecified atom stereocenters. The van der Waals surface area contributed by atoms with Crippen molar-refractivity contribution in [3.63, 3.8) is 0 Å². The number of halogens is 1. The van der Waals surface area contributed by atoms with Crippen LogP contribution in [0.2, 0.25) is 5.02 Å². The summed E-state index contributed by atoms with van der Waals surface area (Å²) in [5.41, 5.74) is 0.783. The predicted octanol–water partition coefficient (Wildman–Crippen LogP) is 3.37. The van der Waals surface area contributed by atoms with E-state index in [1.807, 2.05) is 12.1 Å². The van der Waals surface area contributed by atoms with Crippen LogP contribution in [-0.2, 0) is 5.75 Å². The lowest BCUT2D eigenvalue weighted by Crippen LogP contribution is -1.80. The quantitative estimate of drug-likeness (QED) is 0.684. The summed E-state index contributed by atoms with van der Waals surface area (Å²) in [6.45, 7) is 1.77. The lowest BCUT2D eigenvalue weighted by Gasteiger charge is -1.94. The van der Waals surface area contributed by atoms with Crippen molar-refractivity contribution in [3.8, 4) is 11.5 Å². The van der Waals surface area contributed by atoms with Crippen molar-refractivity contribution < 1.29 is 8.94 Å². The predicted molar refractivity (Wildman–Crippen MR) is 73.3 cm³/mol. The molecule has 102 valence electrons. The average molecular weight is 309 g/mol. The Bertz CT molecular complexity index is 728. The molecule has 0 saturated carbocycles. The van der Waals surface area contributed by atoms with Crippen LogP contribution in [0.4, 0.5) is 0 Å². The summed E-state index contributed by atoms with van der Waals surface area (Å²) in [5.74, 6) is 2.04. The summed E-state index contributed by atoms with van der Waals surface area (Å²) in [6.07, 6.45) is 0. The average Bonchev–Trinajstić information content (AvgIpc) is 3.05. The maximum Gasteiger partial charge on any atom is 0.277 e. The molecule has 0 atom stereocenters. The minimum absolute atomic E-state index is 0.428. The molecule has 2 heterocycles. The molecule has 0 aliphatic carbocycles. The van der Waals surface area contributed by atoms with Crippen molar-refractivity contribution in [2.45, 2.75) is 17.9 Å². The first-order chi connectivity index (χ1) is 9.70. The lowest BCUT2D eigenvalue weighted by atomic mass is 10.2. The summed E-state index contributed by atoms with van der Waals surface area (Å²) < 4.78 is 10.5. The Morgan fingerprint density at radius 2 is 2.20 bits per heavy atom. The van der Waals surface area contributed by atoms with Gasteiger partial charge in [-0.05, 0) is 25.1 Å². The summed E-state index contributed by atoms with van der Waals surface area (Å²) in [5, 5.41) is 12.7. The zero-order chi connectivity index (χ0) is 13.9. The number of benzene rings is 1. The van der Waals surface area contributed by atoms with Crippen molar-refractivity contribution in [2.75, 3.05) is 0 Å². The van der Waals surface area contributed by atoms with Gasteiger partial charge in [-0.25, -0.2) is 0 Å². The third-order valence-corrected chi connectivity index (χ3v) is 3.41. The Hall–Kier alpha value is -1.86. The van der Waals surface area contributed by atoms with Gasteiger partial charge in [0.15, 0.2) is 5.82 Å². The Labute approximate surface area is 123 Å². The van der Waals surface area contributed by atoms with E-state index in [9.17, 15) is 0 Å². The minimum Gasteiger partial charge on any atom is -0.411 e. The van der Waals surface area contributed by atoms with Crippen LogP contribution in [0.5, 0.6) is 0 Å². The molecule has 0 amide bonds. The second kappa shape index (κ2) is 5.64. The molecule has 0 bridgehead atoms. The van der Waals surface area contributed by atoms with Gasteiger partial charge in [0.2, 0.25) is 11.8 Å². The molecule has 0 aliphatic heterocycles. The number of hydrogen-bond donors (Lipinski definition) is 0. The number of thioether (sulfide) groups is 1. The molecule has 3 rings (SSSR count). The molecule has 0 spiro atoms. The highest BCUT2D eigenvalue weighted by Gasteiger charge is 2.11. The molecular weight excluding hydrogens is 300 g/mol. The first-order valence-electron chi connectivity index (χ1n) is 5.72. The molecule has 2 aromatic heterocycles. The molecule has 20 heavy (non-hydrogen) atoms. The summed E-state index contributed by atoms with van der Waals surface area (Å²) in [4.78, 5) is 4.10. The fraction of sp³-hybridized carbons (Fsp3) is 0.167. The maximum absolute atomic E-state index is 5.92. The van der Waals surface area contributed by atoms with Crippen LogP contribution in [-0.4, -0.2) is 20.3 Å². The van der Waals surface area contributed by atoms with Crippen molar-refractivity contribution >= 4 is 23.4 Å². The Morgan fingerprint density at radius 1 is 1.30 bits per heavy atom. The highest BCUT2D eigenvalue weighted by atomic mass is 35.5. The van der Waals surface area contributed by atoms with Gasteiger partial charge in [0.25, 0.3) is 5.22 Å². The van der Waals surface area contributed by atoms with E-state index in [0.717, 1.165) is 5.56 Å². The number of aromatic nitrogens is 4. The molecule has 0 aliphatic rings. The molecule has 0 fully saturated rings. The zero-order valence-electron chi connectivity index (χ0n) is 10.4. The van der Waals surface area contributed by atoms with E-state index in [1.165, 1.54) is 11.8 Å². The van der Waals surface area contributed by atoms with Crippen molar-refractivity contribution in [1.82, 2.24) is 20.3 Å². The Morgan fingerprint density at radius 3 is 2.95 bits per heavy atom. The van der Waals surface area contributed by atoms with Crippen LogP contribution in [0.25, 0.3) is 11.5 Å². The van der Waals surface area contributed by atoms with E-state index in [2.05, 4.69) is 20.3 Å². The summed E-state index contributed by atoms with van der Waals surface area (Å²) >= 11 is 7.26. The van der Waals surface area contributed by atoms with Gasteiger partial charge in [-0.2, -0.15) is 4.98 Å². The van der Waals surface area contributed by atoms with Gasteiger partial charge in [-0.1, -0.05) is 34.6 Å². The third kappa shape index (κ3) is 3.00. The summed E-state index contributed by atoms with van der Waals surface area (Å²) in [7, 11) is 0. The van der Waals surface area contributed by atoms with Crippen molar-refractivity contribution in [3.05, 3.63) is 41.0 Å². The Balaban J connectivity index is 1.70. The van der Waals surface area contributed by atoms with E-state index in [-0.39, 0.29) is 0 Å². The van der Waals surface area contributed by atoms with Gasteiger partial charge in [0.05, 0.1) is 5.75 Å². The van der Waals surface area contributed by atoms with Gasteiger partial charge in [-0.15, -0.1) is 10.2 Å². The first-order valence-corrected chi connectivity index (χ1v) is 7.08. The monoisotopic (exact) mass is 308 g/mol. The summed E-state index contributed by atoms with van der Waals surface area (Å²) in [6, 6.07) is 7.24. The van der Waals surface area contributed by atoms with Crippen LogP contribution in [0, 0.1) is 6.92 Å². The molecule has 6 nitrogen and oxygen atoms in total. The van der Waals surface area contributed by atoms with Crippen LogP contribution >= 0.6 is 23.4 Å². The van der Waals surface area contributed by atoms with Crippen LogP contribution < -0.4 is 0 Å². The zero-order valence-corrected chi connectivity index (χ0v) is 12.0. The number of rotatable bonds is 4. The highest BCUT2D eigenvalue weighted by Crippen LogP contribution is 2.26. The van der Waals surface area contributed by atoms with Gasteiger partial charge in [0.1, 0.15) is 0 Å². The van der Waals surface area contributed by atoms with Gasteiger partial charge < -0.3 is 8.94 Å². The van der Waals surface area contributed by atoms with Crippen molar-refractivity contribution in [2.24, 2.45) is 0 Å². The SMILES string of the molecule is Cc1noc(CSc2nnc(-c3cccc(Cl)c3)o2)n1. The molecule has 3 aromatic rings. The smallest absolute Gasteiger partial charge is 0.277 e. The second-order valence-electron chi connectivity index (χ2n) is 3.91. The van der Waals surface area contributed by atoms with Crippen molar-refractivity contribution in [1.29, 1.82) is 0 Å². The number of aryl methyl sites for hydroxylation is 1. The molecule has 0 radical (unpaired) electrons. The maximum atomic E-state index is 5.92. The molecule has 0 saturated heterocycles. The van der Waals surface area contributed by atoms with E-state index in [4.69, 9.17) is 20.5 Å². The largest absolute Gasteiger partial charge is 0.411 e. The van der Waals surface area contributed by atoms with Gasteiger partial charge >= 0.3 is 0 Å². The highest BCUT2D eigenvalue weighted by molar-refractivity contribution is 7.98. The number of nitrogens with zero attached hydrogens (tertiary/aromatic N) is 4. The van der Waals surface area contributed by atoms with E-state index in [1.54, 1.807) is 19.1 Å². The van der Waals surface area contributed by atoms with Gasteiger partial charge in [-0.3, -0.25) is 0 Å². The van der Waals surface area contributed by atoms with E-state index >= 15 is 0 Å². The minimum atomic E-state index is 0.428. The topological polar surface area (TPSA) is 77.8 Å². The number of hydrogen-bond acceptors (Lipinski definition) is 7. The lowest BCUT2D eigenvalue weighted by molar-refractivity contribution is 0.386. The molecule has 8 heteroatoms.